The number of nitrogens with zero attached hydrogens (tertiary/aromatic N) is 2. The molecular weight excluding hydrogens is 252 g/mol. The smallest absolute Gasteiger partial charge is 0.254 e. The van der Waals surface area contributed by atoms with E-state index < -0.39 is 12.2 Å². The topological polar surface area (TPSA) is 73.7 Å². The fourth-order valence-corrected chi connectivity index (χ4v) is 2.82. The van der Waals surface area contributed by atoms with Crippen LogP contribution in [0.4, 0.5) is 0 Å². The highest BCUT2D eigenvalue weighted by molar-refractivity contribution is 7.16. The summed E-state index contributed by atoms with van der Waals surface area (Å²) in [6.45, 7) is 0.363. The summed E-state index contributed by atoms with van der Waals surface area (Å²) in [7, 11) is 0. The number of likely N-dealkylation sites (tertiary alicyclic amines) is 1. The standard InChI is InChI=1S/C12H12N2O3S/c15-9-4-14(5-10(9)16)12(17)7-1-2-8-11(3-7)18-6-13-8/h1-3,6,9-10,15-16H,4-5H2. The molecule has 1 aliphatic heterocycles. The van der Waals surface area contributed by atoms with Gasteiger partial charge in [0.05, 0.1) is 27.9 Å². The second-order valence-electron chi connectivity index (χ2n) is 4.38. The third-order valence-corrected chi connectivity index (χ3v) is 3.92. The normalized spacial score (nSPS) is 23.8. The van der Waals surface area contributed by atoms with Crippen LogP contribution < -0.4 is 0 Å². The van der Waals surface area contributed by atoms with Crippen molar-refractivity contribution in [3.05, 3.63) is 29.3 Å². The number of carbonyl (C=O) groups excluding carboxylic acids is 1. The van der Waals surface area contributed by atoms with Crippen molar-refractivity contribution in [2.45, 2.75) is 12.2 Å². The summed E-state index contributed by atoms with van der Waals surface area (Å²) in [5, 5.41) is 18.9. The molecule has 6 heteroatoms. The van der Waals surface area contributed by atoms with Crippen molar-refractivity contribution in [3.8, 4) is 0 Å². The number of aromatic nitrogens is 1. The lowest BCUT2D eigenvalue weighted by Crippen LogP contribution is -2.29. The summed E-state index contributed by atoms with van der Waals surface area (Å²) in [5.41, 5.74) is 3.17. The Morgan fingerprint density at radius 3 is 2.78 bits per heavy atom. The van der Waals surface area contributed by atoms with Gasteiger partial charge >= 0.3 is 0 Å². The minimum Gasteiger partial charge on any atom is -0.388 e. The number of aliphatic hydroxyl groups is 2. The molecule has 1 aromatic carbocycles. The number of fused-ring (bicyclic) bond motifs is 1. The van der Waals surface area contributed by atoms with E-state index in [4.69, 9.17) is 0 Å². The van der Waals surface area contributed by atoms with E-state index in [2.05, 4.69) is 4.98 Å². The van der Waals surface area contributed by atoms with Crippen LogP contribution in [0.3, 0.4) is 0 Å². The number of β-amino-alcohol motifs (C(OH)–C–C–N with tert-alkyl or cyclic N) is 2. The quantitative estimate of drug-likeness (QED) is 0.785. The van der Waals surface area contributed by atoms with Crippen molar-refractivity contribution < 1.29 is 15.0 Å². The summed E-state index contributed by atoms with van der Waals surface area (Å²) < 4.78 is 0.959. The first-order valence-electron chi connectivity index (χ1n) is 5.64. The first-order chi connectivity index (χ1) is 8.65. The van der Waals surface area contributed by atoms with Crippen molar-refractivity contribution in [1.82, 2.24) is 9.88 Å². The van der Waals surface area contributed by atoms with Crippen LogP contribution in [0, 0.1) is 0 Å². The Bertz CT molecular complexity index is 588. The Balaban J connectivity index is 1.87. The second kappa shape index (κ2) is 4.31. The number of hydrogen-bond acceptors (Lipinski definition) is 5. The fraction of sp³-hybridized carbons (Fsp3) is 0.333. The van der Waals surface area contributed by atoms with Gasteiger partial charge in [-0.1, -0.05) is 0 Å². The lowest BCUT2D eigenvalue weighted by Gasteiger charge is -2.15. The van der Waals surface area contributed by atoms with Gasteiger partial charge in [-0.05, 0) is 18.2 Å². The molecule has 5 nitrogen and oxygen atoms in total. The SMILES string of the molecule is O=C(c1ccc2ncsc2c1)N1CC(O)C(O)C1. The Hall–Kier alpha value is -1.50. The maximum Gasteiger partial charge on any atom is 0.254 e. The molecule has 0 radical (unpaired) electrons. The van der Waals surface area contributed by atoms with Gasteiger partial charge in [0.25, 0.3) is 5.91 Å². The summed E-state index contributed by atoms with van der Waals surface area (Å²) >= 11 is 1.48. The first-order valence-corrected chi connectivity index (χ1v) is 6.52. The van der Waals surface area contributed by atoms with Gasteiger partial charge in [-0.2, -0.15) is 0 Å². The number of carbonyl (C=O) groups is 1. The molecule has 2 unspecified atom stereocenters. The van der Waals surface area contributed by atoms with E-state index in [1.165, 1.54) is 16.2 Å². The van der Waals surface area contributed by atoms with E-state index in [1.54, 1.807) is 17.6 Å². The van der Waals surface area contributed by atoms with Gasteiger partial charge in [0, 0.05) is 18.7 Å². The van der Waals surface area contributed by atoms with E-state index >= 15 is 0 Å². The van der Waals surface area contributed by atoms with Crippen LogP contribution in [0.1, 0.15) is 10.4 Å². The van der Waals surface area contributed by atoms with Crippen LogP contribution >= 0.6 is 11.3 Å². The average Bonchev–Trinajstić information content (AvgIpc) is 2.95. The molecule has 2 N–H and O–H groups in total. The van der Waals surface area contributed by atoms with Crippen molar-refractivity contribution in [3.63, 3.8) is 0 Å². The van der Waals surface area contributed by atoms with Crippen LogP contribution in [0.2, 0.25) is 0 Å². The molecule has 1 fully saturated rings. The van der Waals surface area contributed by atoms with E-state index in [1.807, 2.05) is 6.07 Å². The van der Waals surface area contributed by atoms with E-state index in [0.29, 0.717) is 5.56 Å². The van der Waals surface area contributed by atoms with Gasteiger partial charge in [0.2, 0.25) is 0 Å². The molecule has 0 aliphatic carbocycles. The number of benzene rings is 1. The van der Waals surface area contributed by atoms with Crippen LogP contribution in [-0.2, 0) is 0 Å². The van der Waals surface area contributed by atoms with Gasteiger partial charge < -0.3 is 15.1 Å². The van der Waals surface area contributed by atoms with Gasteiger partial charge in [-0.25, -0.2) is 4.98 Å². The third-order valence-electron chi connectivity index (χ3n) is 3.12. The maximum absolute atomic E-state index is 12.2. The molecule has 3 rings (SSSR count). The summed E-state index contributed by atoms with van der Waals surface area (Å²) in [6.07, 6.45) is -1.69. The lowest BCUT2D eigenvalue weighted by atomic mass is 10.2. The zero-order valence-electron chi connectivity index (χ0n) is 9.48. The lowest BCUT2D eigenvalue weighted by molar-refractivity contribution is 0.0572. The third kappa shape index (κ3) is 1.88. The van der Waals surface area contributed by atoms with Crippen LogP contribution in [0.5, 0.6) is 0 Å². The molecular formula is C12H12N2O3S. The maximum atomic E-state index is 12.2. The number of hydrogen-bond donors (Lipinski definition) is 2. The molecule has 1 aliphatic rings. The minimum atomic E-state index is -0.846. The van der Waals surface area contributed by atoms with Crippen LogP contribution in [0.25, 0.3) is 10.2 Å². The highest BCUT2D eigenvalue weighted by Crippen LogP contribution is 2.21. The Kier molecular flexibility index (Phi) is 2.77. The van der Waals surface area contributed by atoms with Gasteiger partial charge in [0.1, 0.15) is 0 Å². The minimum absolute atomic E-state index is 0.166. The average molecular weight is 264 g/mol. The predicted octanol–water partition coefficient (Wildman–Crippen LogP) is 0.474. The summed E-state index contributed by atoms with van der Waals surface area (Å²) in [4.78, 5) is 17.8. The van der Waals surface area contributed by atoms with Crippen LogP contribution in [-0.4, -0.2) is 51.3 Å². The Morgan fingerprint density at radius 2 is 2.06 bits per heavy atom. The number of rotatable bonds is 1. The number of aliphatic hydroxyl groups excluding tert-OH is 2. The zero-order chi connectivity index (χ0) is 12.7. The van der Waals surface area contributed by atoms with Crippen LogP contribution in [0.15, 0.2) is 23.7 Å². The summed E-state index contributed by atoms with van der Waals surface area (Å²) in [6, 6.07) is 5.33. The van der Waals surface area contributed by atoms with Gasteiger partial charge in [-0.15, -0.1) is 11.3 Å². The molecule has 1 saturated heterocycles. The molecule has 94 valence electrons. The predicted molar refractivity (Wildman–Crippen MR) is 67.5 cm³/mol. The molecule has 18 heavy (non-hydrogen) atoms. The fourth-order valence-electron chi connectivity index (χ4n) is 2.11. The van der Waals surface area contributed by atoms with Crippen molar-refractivity contribution in [2.75, 3.05) is 13.1 Å². The van der Waals surface area contributed by atoms with Gasteiger partial charge in [0.15, 0.2) is 0 Å². The number of thiazole rings is 1. The summed E-state index contributed by atoms with van der Waals surface area (Å²) in [5.74, 6) is -0.166. The van der Waals surface area contributed by atoms with E-state index in [9.17, 15) is 15.0 Å². The van der Waals surface area contributed by atoms with E-state index in [0.717, 1.165) is 10.2 Å². The van der Waals surface area contributed by atoms with Crippen molar-refractivity contribution >= 4 is 27.5 Å². The molecule has 0 saturated carbocycles. The molecule has 0 spiro atoms. The molecule has 2 heterocycles. The molecule has 0 bridgehead atoms. The molecule has 1 amide bonds. The highest BCUT2D eigenvalue weighted by atomic mass is 32.1. The van der Waals surface area contributed by atoms with E-state index in [-0.39, 0.29) is 19.0 Å². The largest absolute Gasteiger partial charge is 0.388 e. The van der Waals surface area contributed by atoms with Crippen molar-refractivity contribution in [1.29, 1.82) is 0 Å². The van der Waals surface area contributed by atoms with Gasteiger partial charge in [-0.3, -0.25) is 4.79 Å². The molecule has 1 aromatic heterocycles. The monoisotopic (exact) mass is 264 g/mol. The second-order valence-corrected chi connectivity index (χ2v) is 5.27. The zero-order valence-corrected chi connectivity index (χ0v) is 10.3. The Labute approximate surface area is 107 Å². The highest BCUT2D eigenvalue weighted by Gasteiger charge is 2.32. The Morgan fingerprint density at radius 1 is 1.33 bits per heavy atom. The number of amides is 1. The van der Waals surface area contributed by atoms with Crippen molar-refractivity contribution in [2.24, 2.45) is 0 Å². The molecule has 2 atom stereocenters. The first kappa shape index (κ1) is 11.6. The molecule has 2 aromatic rings.